The number of nitrogens with zero attached hydrogens (tertiary/aromatic N) is 2. The lowest BCUT2D eigenvalue weighted by Gasteiger charge is -2.35. The number of hydrogen-bond donors (Lipinski definition) is 1. The van der Waals surface area contributed by atoms with Gasteiger partial charge < -0.3 is 14.9 Å². The van der Waals surface area contributed by atoms with Crippen LogP contribution in [0.15, 0.2) is 58.3 Å². The summed E-state index contributed by atoms with van der Waals surface area (Å²) in [6.45, 7) is 3.67. The minimum Gasteiger partial charge on any atom is -0.390 e. The fourth-order valence-corrected chi connectivity index (χ4v) is 4.78. The zero-order chi connectivity index (χ0) is 16.4. The number of aliphatic hydroxyl groups is 1. The molecule has 1 saturated heterocycles. The Kier molecular flexibility index (Phi) is 4.79. The predicted octanol–water partition coefficient (Wildman–Crippen LogP) is 4.14. The molecule has 0 spiro atoms. The highest BCUT2D eigenvalue weighted by Gasteiger charge is 2.25. The van der Waals surface area contributed by atoms with Gasteiger partial charge in [0.2, 0.25) is 0 Å². The first kappa shape index (κ1) is 16.0. The van der Waals surface area contributed by atoms with Gasteiger partial charge in [0.1, 0.15) is 0 Å². The third-order valence-electron chi connectivity index (χ3n) is 4.84. The van der Waals surface area contributed by atoms with E-state index in [2.05, 4.69) is 58.3 Å². The van der Waals surface area contributed by atoms with E-state index in [-0.39, 0.29) is 6.10 Å². The number of para-hydroxylation sites is 2. The molecule has 0 aliphatic carbocycles. The van der Waals surface area contributed by atoms with Crippen LogP contribution in [-0.2, 0) is 0 Å². The van der Waals surface area contributed by atoms with Crippen LogP contribution in [0.4, 0.5) is 11.4 Å². The second kappa shape index (κ2) is 7.18. The van der Waals surface area contributed by atoms with Gasteiger partial charge in [0, 0.05) is 16.3 Å². The largest absolute Gasteiger partial charge is 0.390 e. The van der Waals surface area contributed by atoms with Gasteiger partial charge in [-0.1, -0.05) is 42.4 Å². The summed E-state index contributed by atoms with van der Waals surface area (Å²) in [6, 6.07) is 17.0. The van der Waals surface area contributed by atoms with Gasteiger partial charge in [-0.05, 0) is 50.2 Å². The Bertz CT molecular complexity index is 654. The summed E-state index contributed by atoms with van der Waals surface area (Å²) >= 11 is 1.82. The molecule has 2 heterocycles. The second-order valence-corrected chi connectivity index (χ2v) is 7.75. The Labute approximate surface area is 148 Å². The summed E-state index contributed by atoms with van der Waals surface area (Å²) in [4.78, 5) is 7.23. The van der Waals surface area contributed by atoms with E-state index in [0.29, 0.717) is 6.54 Å². The number of rotatable bonds is 4. The number of hydrogen-bond acceptors (Lipinski definition) is 4. The van der Waals surface area contributed by atoms with Crippen molar-refractivity contribution in [2.75, 3.05) is 31.1 Å². The zero-order valence-corrected chi connectivity index (χ0v) is 14.7. The molecular weight excluding hydrogens is 316 g/mol. The van der Waals surface area contributed by atoms with Crippen LogP contribution in [0.2, 0.25) is 0 Å². The van der Waals surface area contributed by atoms with E-state index < -0.39 is 0 Å². The van der Waals surface area contributed by atoms with Gasteiger partial charge in [0.15, 0.2) is 0 Å². The van der Waals surface area contributed by atoms with Crippen molar-refractivity contribution in [3.8, 4) is 0 Å². The first-order valence-corrected chi connectivity index (χ1v) is 9.67. The van der Waals surface area contributed by atoms with Gasteiger partial charge in [0.05, 0.1) is 24.0 Å². The average molecular weight is 340 g/mol. The van der Waals surface area contributed by atoms with Crippen LogP contribution in [-0.4, -0.2) is 42.3 Å². The number of β-amino-alcohol motifs (C(OH)–C–C–N with tert-alkyl or cyclic N) is 1. The fraction of sp³-hybridized carbons (Fsp3) is 0.400. The minimum absolute atomic E-state index is 0.340. The van der Waals surface area contributed by atoms with Crippen LogP contribution >= 0.6 is 11.8 Å². The Balaban J connectivity index is 1.55. The van der Waals surface area contributed by atoms with Crippen molar-refractivity contribution >= 4 is 23.1 Å². The molecular formula is C20H24N2OS. The predicted molar refractivity (Wildman–Crippen MR) is 100 cm³/mol. The maximum absolute atomic E-state index is 10.7. The highest BCUT2D eigenvalue weighted by Crippen LogP contribution is 2.47. The number of piperidine rings is 1. The monoisotopic (exact) mass is 340 g/mol. The molecule has 2 aliphatic rings. The van der Waals surface area contributed by atoms with E-state index in [4.69, 9.17) is 0 Å². The van der Waals surface area contributed by atoms with Crippen LogP contribution in [0.1, 0.15) is 19.3 Å². The van der Waals surface area contributed by atoms with Gasteiger partial charge in [-0.3, -0.25) is 0 Å². The van der Waals surface area contributed by atoms with Gasteiger partial charge in [-0.2, -0.15) is 0 Å². The number of likely N-dealkylation sites (tertiary alicyclic amines) is 1. The lowest BCUT2D eigenvalue weighted by molar-refractivity contribution is 0.106. The third kappa shape index (κ3) is 3.32. The molecule has 0 unspecified atom stereocenters. The van der Waals surface area contributed by atoms with Crippen LogP contribution in [0.5, 0.6) is 0 Å². The molecule has 0 bridgehead atoms. The lowest BCUT2D eigenvalue weighted by atomic mass is 10.1. The van der Waals surface area contributed by atoms with E-state index in [0.717, 1.165) is 19.6 Å². The van der Waals surface area contributed by atoms with Crippen molar-refractivity contribution in [1.82, 2.24) is 4.90 Å². The highest BCUT2D eigenvalue weighted by atomic mass is 32.2. The standard InChI is InChI=1S/C20H24N2OS/c23-16(14-21-12-6-1-7-13-21)15-22-17-8-2-4-10-19(17)24-20-11-5-3-9-18(20)22/h2-5,8-11,16,23H,1,6-7,12-15H2/t16-/m0/s1. The number of fused-ring (bicyclic) bond motifs is 2. The Morgan fingerprint density at radius 3 is 2.04 bits per heavy atom. The molecule has 1 atom stereocenters. The van der Waals surface area contributed by atoms with Gasteiger partial charge in [-0.25, -0.2) is 0 Å². The number of aliphatic hydroxyl groups excluding tert-OH is 1. The molecule has 0 saturated carbocycles. The van der Waals surface area contributed by atoms with Crippen LogP contribution in [0, 0.1) is 0 Å². The van der Waals surface area contributed by atoms with Crippen LogP contribution in [0.25, 0.3) is 0 Å². The quantitative estimate of drug-likeness (QED) is 0.905. The van der Waals surface area contributed by atoms with Crippen LogP contribution < -0.4 is 4.90 Å². The minimum atomic E-state index is -0.340. The van der Waals surface area contributed by atoms with E-state index >= 15 is 0 Å². The molecule has 2 aliphatic heterocycles. The van der Waals surface area contributed by atoms with Crippen molar-refractivity contribution in [3.05, 3.63) is 48.5 Å². The Morgan fingerprint density at radius 1 is 0.833 bits per heavy atom. The maximum Gasteiger partial charge on any atom is 0.0845 e. The summed E-state index contributed by atoms with van der Waals surface area (Å²) in [6.07, 6.45) is 3.51. The maximum atomic E-state index is 10.7. The summed E-state index contributed by atoms with van der Waals surface area (Å²) < 4.78 is 0. The average Bonchev–Trinajstić information content (AvgIpc) is 2.62. The SMILES string of the molecule is O[C@@H](CN1CCCCC1)CN1c2ccccc2Sc2ccccc21. The van der Waals surface area contributed by atoms with E-state index in [1.807, 2.05) is 11.8 Å². The third-order valence-corrected chi connectivity index (χ3v) is 5.97. The van der Waals surface area contributed by atoms with Crippen molar-refractivity contribution in [2.45, 2.75) is 35.2 Å². The number of benzene rings is 2. The van der Waals surface area contributed by atoms with Gasteiger partial charge >= 0.3 is 0 Å². The summed E-state index contributed by atoms with van der Waals surface area (Å²) in [5.74, 6) is 0. The Morgan fingerprint density at radius 2 is 1.42 bits per heavy atom. The first-order valence-electron chi connectivity index (χ1n) is 8.85. The van der Waals surface area contributed by atoms with E-state index in [1.54, 1.807) is 0 Å². The number of anilines is 2. The molecule has 4 rings (SSSR count). The molecule has 0 amide bonds. The first-order chi connectivity index (χ1) is 11.8. The molecule has 0 radical (unpaired) electrons. The Hall–Kier alpha value is -1.49. The van der Waals surface area contributed by atoms with Gasteiger partial charge in [-0.15, -0.1) is 0 Å². The zero-order valence-electron chi connectivity index (χ0n) is 13.9. The lowest BCUT2D eigenvalue weighted by Crippen LogP contribution is -2.41. The summed E-state index contributed by atoms with van der Waals surface area (Å²) in [5, 5.41) is 10.7. The molecule has 3 nitrogen and oxygen atoms in total. The van der Waals surface area contributed by atoms with Crippen molar-refractivity contribution in [2.24, 2.45) is 0 Å². The summed E-state index contributed by atoms with van der Waals surface area (Å²) in [7, 11) is 0. The van der Waals surface area contributed by atoms with Crippen LogP contribution in [0.3, 0.4) is 0 Å². The smallest absolute Gasteiger partial charge is 0.0845 e. The van der Waals surface area contributed by atoms with Crippen molar-refractivity contribution in [3.63, 3.8) is 0 Å². The molecule has 126 valence electrons. The summed E-state index contributed by atoms with van der Waals surface area (Å²) in [5.41, 5.74) is 2.41. The molecule has 24 heavy (non-hydrogen) atoms. The normalized spacial score (nSPS) is 18.8. The molecule has 1 N–H and O–H groups in total. The topological polar surface area (TPSA) is 26.7 Å². The molecule has 1 fully saturated rings. The van der Waals surface area contributed by atoms with Gasteiger partial charge in [0.25, 0.3) is 0 Å². The molecule has 0 aromatic heterocycles. The van der Waals surface area contributed by atoms with E-state index in [1.165, 1.54) is 40.4 Å². The van der Waals surface area contributed by atoms with Crippen molar-refractivity contribution in [1.29, 1.82) is 0 Å². The molecule has 4 heteroatoms. The highest BCUT2D eigenvalue weighted by molar-refractivity contribution is 7.99. The van der Waals surface area contributed by atoms with Crippen molar-refractivity contribution < 1.29 is 5.11 Å². The second-order valence-electron chi connectivity index (χ2n) is 6.66. The molecule has 2 aromatic rings. The molecule has 2 aromatic carbocycles. The van der Waals surface area contributed by atoms with E-state index in [9.17, 15) is 5.11 Å². The fourth-order valence-electron chi connectivity index (χ4n) is 3.69.